The first-order valence-corrected chi connectivity index (χ1v) is 12.0. The van der Waals surface area contributed by atoms with Crippen LogP contribution in [0.5, 0.6) is 0 Å². The molecule has 0 radical (unpaired) electrons. The average Bonchev–Trinajstić information content (AvgIpc) is 3.12. The quantitative estimate of drug-likeness (QED) is 0.509. The van der Waals surface area contributed by atoms with Crippen LogP contribution < -0.4 is 5.32 Å². The van der Waals surface area contributed by atoms with Crippen molar-refractivity contribution in [3.63, 3.8) is 0 Å². The van der Waals surface area contributed by atoms with Gasteiger partial charge in [-0.1, -0.05) is 49.3 Å². The van der Waals surface area contributed by atoms with Gasteiger partial charge in [-0.3, -0.25) is 9.20 Å². The first-order valence-electron chi connectivity index (χ1n) is 9.34. The van der Waals surface area contributed by atoms with Crippen molar-refractivity contribution in [2.75, 3.05) is 18.4 Å². The second-order valence-corrected chi connectivity index (χ2v) is 10.0. The molecular formula is C19H22ClN5O3S2. The number of nitrogens with zero attached hydrogens (tertiary/aromatic N) is 4. The van der Waals surface area contributed by atoms with Gasteiger partial charge in [-0.25, -0.2) is 8.42 Å². The van der Waals surface area contributed by atoms with Crippen LogP contribution in [0.3, 0.4) is 0 Å². The van der Waals surface area contributed by atoms with Gasteiger partial charge < -0.3 is 5.32 Å². The molecule has 1 amide bonds. The Hall–Kier alpha value is -2.14. The standard InChI is InChI=1S/C19H22ClN5O3S2/c1-4-24(5-2)30(27,28)14-10-11-17-22-23-19(25(17)12-14)29-13(3)18(26)21-16-9-7-6-8-15(16)20/h6-13H,4-5H2,1-3H3,(H,21,26). The molecule has 3 rings (SSSR count). The van der Waals surface area contributed by atoms with Gasteiger partial charge in [-0.15, -0.1) is 10.2 Å². The van der Waals surface area contributed by atoms with Crippen LogP contribution in [0.4, 0.5) is 5.69 Å². The summed E-state index contributed by atoms with van der Waals surface area (Å²) in [5.74, 6) is -0.253. The highest BCUT2D eigenvalue weighted by Gasteiger charge is 2.24. The minimum absolute atomic E-state index is 0.147. The number of thioether (sulfide) groups is 1. The summed E-state index contributed by atoms with van der Waals surface area (Å²) in [7, 11) is -3.62. The van der Waals surface area contributed by atoms with Crippen molar-refractivity contribution < 1.29 is 13.2 Å². The molecular weight excluding hydrogens is 446 g/mol. The largest absolute Gasteiger partial charge is 0.324 e. The molecule has 1 unspecified atom stereocenters. The van der Waals surface area contributed by atoms with Crippen molar-refractivity contribution in [1.29, 1.82) is 0 Å². The number of aromatic nitrogens is 3. The molecule has 30 heavy (non-hydrogen) atoms. The monoisotopic (exact) mass is 467 g/mol. The average molecular weight is 468 g/mol. The zero-order valence-corrected chi connectivity index (χ0v) is 19.1. The maximum atomic E-state index is 12.8. The van der Waals surface area contributed by atoms with Gasteiger partial charge in [0.2, 0.25) is 15.9 Å². The van der Waals surface area contributed by atoms with Crippen LogP contribution in [0.15, 0.2) is 52.6 Å². The van der Waals surface area contributed by atoms with E-state index in [9.17, 15) is 13.2 Å². The summed E-state index contributed by atoms with van der Waals surface area (Å²) >= 11 is 7.27. The van der Waals surface area contributed by atoms with Crippen LogP contribution >= 0.6 is 23.4 Å². The zero-order chi connectivity index (χ0) is 21.9. The Balaban J connectivity index is 1.84. The number of hydrogen-bond donors (Lipinski definition) is 1. The number of carbonyl (C=O) groups is 1. The van der Waals surface area contributed by atoms with Crippen LogP contribution in [0, 0.1) is 0 Å². The van der Waals surface area contributed by atoms with Crippen molar-refractivity contribution in [3.8, 4) is 0 Å². The number of halogens is 1. The summed E-state index contributed by atoms with van der Waals surface area (Å²) < 4.78 is 28.6. The summed E-state index contributed by atoms with van der Waals surface area (Å²) in [5.41, 5.74) is 1.02. The number of amides is 1. The van der Waals surface area contributed by atoms with Gasteiger partial charge in [-0.05, 0) is 31.2 Å². The highest BCUT2D eigenvalue weighted by molar-refractivity contribution is 8.00. The van der Waals surface area contributed by atoms with E-state index in [-0.39, 0.29) is 10.8 Å². The molecule has 2 heterocycles. The molecule has 1 N–H and O–H groups in total. The number of nitrogens with one attached hydrogen (secondary N) is 1. The number of carbonyl (C=O) groups excluding carboxylic acids is 1. The summed E-state index contributed by atoms with van der Waals surface area (Å²) in [6.07, 6.45) is 1.49. The van der Waals surface area contributed by atoms with Gasteiger partial charge in [0, 0.05) is 19.3 Å². The minimum atomic E-state index is -3.62. The van der Waals surface area contributed by atoms with Gasteiger partial charge in [0.15, 0.2) is 10.8 Å². The topological polar surface area (TPSA) is 96.7 Å². The van der Waals surface area contributed by atoms with Crippen LogP contribution in [0.1, 0.15) is 20.8 Å². The molecule has 1 atom stereocenters. The van der Waals surface area contributed by atoms with E-state index in [4.69, 9.17) is 11.6 Å². The predicted octanol–water partition coefficient (Wildman–Crippen LogP) is 3.53. The van der Waals surface area contributed by atoms with Crippen LogP contribution in [-0.4, -0.2) is 51.6 Å². The van der Waals surface area contributed by atoms with E-state index in [1.165, 1.54) is 28.3 Å². The van der Waals surface area contributed by atoms with Gasteiger partial charge in [0.05, 0.1) is 20.9 Å². The number of hydrogen-bond acceptors (Lipinski definition) is 6. The lowest BCUT2D eigenvalue weighted by molar-refractivity contribution is -0.115. The van der Waals surface area contributed by atoms with Crippen molar-refractivity contribution in [2.45, 2.75) is 36.1 Å². The van der Waals surface area contributed by atoms with Crippen molar-refractivity contribution >= 4 is 50.6 Å². The Morgan fingerprint density at radius 3 is 2.57 bits per heavy atom. The molecule has 1 aromatic carbocycles. The molecule has 0 bridgehead atoms. The summed E-state index contributed by atoms with van der Waals surface area (Å²) in [6.45, 7) is 6.06. The van der Waals surface area contributed by atoms with E-state index in [1.807, 2.05) is 0 Å². The lowest BCUT2D eigenvalue weighted by Gasteiger charge is -2.18. The third-order valence-electron chi connectivity index (χ3n) is 4.47. The van der Waals surface area contributed by atoms with Gasteiger partial charge >= 0.3 is 0 Å². The smallest absolute Gasteiger partial charge is 0.244 e. The predicted molar refractivity (Wildman–Crippen MR) is 118 cm³/mol. The Morgan fingerprint density at radius 2 is 1.90 bits per heavy atom. The molecule has 0 saturated heterocycles. The lowest BCUT2D eigenvalue weighted by atomic mass is 10.3. The molecule has 0 aliphatic carbocycles. The highest BCUT2D eigenvalue weighted by atomic mass is 35.5. The van der Waals surface area contributed by atoms with E-state index in [0.29, 0.717) is 34.6 Å². The van der Waals surface area contributed by atoms with Gasteiger partial charge in [-0.2, -0.15) is 4.31 Å². The maximum Gasteiger partial charge on any atom is 0.244 e. The number of benzene rings is 1. The normalized spacial score (nSPS) is 13.0. The first kappa shape index (κ1) is 22.5. The van der Waals surface area contributed by atoms with Gasteiger partial charge in [0.1, 0.15) is 0 Å². The number of anilines is 1. The third kappa shape index (κ3) is 4.61. The summed E-state index contributed by atoms with van der Waals surface area (Å²) in [6, 6.07) is 10.1. The second kappa shape index (κ2) is 9.34. The summed E-state index contributed by atoms with van der Waals surface area (Å²) in [5, 5.41) is 11.3. The number of pyridine rings is 1. The molecule has 0 aliphatic heterocycles. The number of para-hydroxylation sites is 1. The Kier molecular flexibility index (Phi) is 7.02. The fraction of sp³-hybridized carbons (Fsp3) is 0.316. The molecule has 8 nitrogen and oxygen atoms in total. The Labute approximate surface area is 184 Å². The molecule has 3 aromatic rings. The van der Waals surface area contributed by atoms with E-state index in [2.05, 4.69) is 15.5 Å². The van der Waals surface area contributed by atoms with E-state index in [1.54, 1.807) is 55.5 Å². The Morgan fingerprint density at radius 1 is 1.20 bits per heavy atom. The molecule has 0 fully saturated rings. The third-order valence-corrected chi connectivity index (χ3v) is 7.89. The van der Waals surface area contributed by atoms with Crippen molar-refractivity contribution in [2.24, 2.45) is 0 Å². The first-order chi connectivity index (χ1) is 14.3. The fourth-order valence-corrected chi connectivity index (χ4v) is 5.27. The molecule has 0 saturated carbocycles. The fourth-order valence-electron chi connectivity index (χ4n) is 2.80. The van der Waals surface area contributed by atoms with Crippen LogP contribution in [-0.2, 0) is 14.8 Å². The summed E-state index contributed by atoms with van der Waals surface area (Å²) in [4.78, 5) is 12.7. The molecule has 0 aliphatic rings. The number of fused-ring (bicyclic) bond motifs is 1. The van der Waals surface area contributed by atoms with E-state index < -0.39 is 15.3 Å². The van der Waals surface area contributed by atoms with Gasteiger partial charge in [0.25, 0.3) is 0 Å². The van der Waals surface area contributed by atoms with E-state index in [0.717, 1.165) is 0 Å². The number of sulfonamides is 1. The molecule has 0 spiro atoms. The molecule has 160 valence electrons. The maximum absolute atomic E-state index is 12.8. The van der Waals surface area contributed by atoms with E-state index >= 15 is 0 Å². The SMILES string of the molecule is CCN(CC)S(=O)(=O)c1ccc2nnc(SC(C)C(=O)Nc3ccccc3Cl)n2c1. The highest BCUT2D eigenvalue weighted by Crippen LogP contribution is 2.26. The second-order valence-electron chi connectivity index (χ2n) is 6.39. The number of rotatable bonds is 8. The van der Waals surface area contributed by atoms with Crippen molar-refractivity contribution in [3.05, 3.63) is 47.6 Å². The minimum Gasteiger partial charge on any atom is -0.324 e. The zero-order valence-electron chi connectivity index (χ0n) is 16.7. The molecule has 2 aromatic heterocycles. The van der Waals surface area contributed by atoms with Crippen molar-refractivity contribution in [1.82, 2.24) is 18.9 Å². The van der Waals surface area contributed by atoms with Crippen LogP contribution in [0.25, 0.3) is 5.65 Å². The van der Waals surface area contributed by atoms with Crippen LogP contribution in [0.2, 0.25) is 5.02 Å². The molecule has 11 heteroatoms. The Bertz CT molecular complexity index is 1160. The lowest BCUT2D eigenvalue weighted by Crippen LogP contribution is -2.30.